The van der Waals surface area contributed by atoms with Crippen LogP contribution in [0.3, 0.4) is 0 Å². The van der Waals surface area contributed by atoms with Gasteiger partial charge in [-0.25, -0.2) is 5.90 Å². The second kappa shape index (κ2) is 3.76. The van der Waals surface area contributed by atoms with Crippen LogP contribution >= 0.6 is 0 Å². The second-order valence-electron chi connectivity index (χ2n) is 1.35. The molecule has 50 valence electrons. The average molecular weight is 122 g/mol. The monoisotopic (exact) mass is 122 g/mol. The SMILES string of the molecule is NOC(N)C(O)CO. The predicted octanol–water partition coefficient (Wildman–Crippen LogP) is -2.49. The highest BCUT2D eigenvalue weighted by Gasteiger charge is 2.11. The Morgan fingerprint density at radius 1 is 1.62 bits per heavy atom. The third kappa shape index (κ3) is 2.20. The molecule has 2 atom stereocenters. The summed E-state index contributed by atoms with van der Waals surface area (Å²) < 4.78 is 0. The van der Waals surface area contributed by atoms with E-state index in [9.17, 15) is 0 Å². The number of aliphatic hydroxyl groups excluding tert-OH is 2. The molecule has 0 spiro atoms. The van der Waals surface area contributed by atoms with E-state index < -0.39 is 18.9 Å². The Hall–Kier alpha value is -0.200. The van der Waals surface area contributed by atoms with Gasteiger partial charge >= 0.3 is 0 Å². The van der Waals surface area contributed by atoms with Crippen LogP contribution in [0.15, 0.2) is 0 Å². The summed E-state index contributed by atoms with van der Waals surface area (Å²) >= 11 is 0. The summed E-state index contributed by atoms with van der Waals surface area (Å²) in [4.78, 5) is 3.97. The highest BCUT2D eigenvalue weighted by Crippen LogP contribution is 1.85. The van der Waals surface area contributed by atoms with Crippen LogP contribution in [0, 0.1) is 0 Å². The van der Waals surface area contributed by atoms with Crippen molar-refractivity contribution in [2.24, 2.45) is 11.6 Å². The summed E-state index contributed by atoms with van der Waals surface area (Å²) in [5.41, 5.74) is 4.97. The van der Waals surface area contributed by atoms with E-state index in [1.165, 1.54) is 0 Å². The van der Waals surface area contributed by atoms with E-state index >= 15 is 0 Å². The van der Waals surface area contributed by atoms with Crippen LogP contribution in [0.25, 0.3) is 0 Å². The summed E-state index contributed by atoms with van der Waals surface area (Å²) in [5.74, 6) is 4.55. The van der Waals surface area contributed by atoms with Gasteiger partial charge in [-0.2, -0.15) is 0 Å². The van der Waals surface area contributed by atoms with Crippen molar-refractivity contribution in [2.45, 2.75) is 12.3 Å². The largest absolute Gasteiger partial charge is 0.394 e. The topological polar surface area (TPSA) is 102 Å². The maximum absolute atomic E-state index is 8.55. The van der Waals surface area contributed by atoms with Crippen molar-refractivity contribution in [3.8, 4) is 0 Å². The van der Waals surface area contributed by atoms with E-state index in [-0.39, 0.29) is 0 Å². The van der Waals surface area contributed by atoms with Crippen molar-refractivity contribution >= 4 is 0 Å². The van der Waals surface area contributed by atoms with Gasteiger partial charge in [-0.3, -0.25) is 4.84 Å². The maximum Gasteiger partial charge on any atom is 0.155 e. The normalized spacial score (nSPS) is 18.0. The lowest BCUT2D eigenvalue weighted by atomic mass is 10.3. The van der Waals surface area contributed by atoms with Gasteiger partial charge in [0.1, 0.15) is 6.10 Å². The molecule has 0 aliphatic heterocycles. The zero-order valence-electron chi connectivity index (χ0n) is 4.32. The fourth-order valence-electron chi connectivity index (χ4n) is 0.195. The molecule has 5 nitrogen and oxygen atoms in total. The van der Waals surface area contributed by atoms with E-state index in [1.807, 2.05) is 0 Å². The molecule has 0 aliphatic rings. The summed E-state index contributed by atoms with van der Waals surface area (Å²) in [6, 6.07) is 0. The van der Waals surface area contributed by atoms with Crippen molar-refractivity contribution in [2.75, 3.05) is 6.61 Å². The quantitative estimate of drug-likeness (QED) is 0.245. The van der Waals surface area contributed by atoms with Gasteiger partial charge in [-0.05, 0) is 0 Å². The molecule has 0 bridgehead atoms. The van der Waals surface area contributed by atoms with E-state index in [2.05, 4.69) is 10.7 Å². The van der Waals surface area contributed by atoms with Crippen LogP contribution in [0.4, 0.5) is 0 Å². The summed E-state index contributed by atoms with van der Waals surface area (Å²) in [6.07, 6.45) is -2.10. The minimum Gasteiger partial charge on any atom is -0.394 e. The first kappa shape index (κ1) is 7.80. The molecule has 6 N–H and O–H groups in total. The highest BCUT2D eigenvalue weighted by molar-refractivity contribution is 4.57. The Labute approximate surface area is 46.8 Å². The van der Waals surface area contributed by atoms with Crippen LogP contribution in [-0.2, 0) is 4.84 Å². The van der Waals surface area contributed by atoms with Crippen LogP contribution in [0.5, 0.6) is 0 Å². The van der Waals surface area contributed by atoms with Gasteiger partial charge < -0.3 is 15.9 Å². The molecule has 5 heteroatoms. The molecule has 0 amide bonds. The molecule has 0 fully saturated rings. The van der Waals surface area contributed by atoms with Gasteiger partial charge in [0.15, 0.2) is 6.23 Å². The lowest BCUT2D eigenvalue weighted by Crippen LogP contribution is -2.41. The van der Waals surface area contributed by atoms with Gasteiger partial charge in [0.25, 0.3) is 0 Å². The van der Waals surface area contributed by atoms with Gasteiger partial charge in [0.05, 0.1) is 6.61 Å². The molecular formula is C3H10N2O3. The van der Waals surface area contributed by atoms with Crippen LogP contribution in [-0.4, -0.2) is 29.2 Å². The zero-order valence-corrected chi connectivity index (χ0v) is 4.32. The molecular weight excluding hydrogens is 112 g/mol. The smallest absolute Gasteiger partial charge is 0.155 e. The lowest BCUT2D eigenvalue weighted by molar-refractivity contribution is -0.0558. The minimum atomic E-state index is -1.10. The first-order valence-electron chi connectivity index (χ1n) is 2.12. The number of rotatable bonds is 3. The van der Waals surface area contributed by atoms with Crippen molar-refractivity contribution in [1.82, 2.24) is 0 Å². The third-order valence-electron chi connectivity index (χ3n) is 0.723. The Morgan fingerprint density at radius 3 is 2.25 bits per heavy atom. The van der Waals surface area contributed by atoms with E-state index in [0.717, 1.165) is 0 Å². The van der Waals surface area contributed by atoms with E-state index in [1.54, 1.807) is 0 Å². The fourth-order valence-corrected chi connectivity index (χ4v) is 0.195. The Kier molecular flexibility index (Phi) is 3.67. The molecule has 0 saturated heterocycles. The van der Waals surface area contributed by atoms with Gasteiger partial charge in [-0.1, -0.05) is 0 Å². The maximum atomic E-state index is 8.55. The summed E-state index contributed by atoms with van der Waals surface area (Å²) in [5, 5.41) is 16.7. The number of hydrogen-bond donors (Lipinski definition) is 4. The molecule has 0 aromatic carbocycles. The standard InChI is InChI=1S/C3H10N2O3/c4-3(8-5)2(7)1-6/h2-3,6-7H,1,4-5H2. The third-order valence-corrected chi connectivity index (χ3v) is 0.723. The minimum absolute atomic E-state index is 0.446. The number of nitrogens with two attached hydrogens (primary N) is 2. The van der Waals surface area contributed by atoms with Crippen molar-refractivity contribution in [3.05, 3.63) is 0 Å². The molecule has 0 heterocycles. The highest BCUT2D eigenvalue weighted by atomic mass is 16.6. The lowest BCUT2D eigenvalue weighted by Gasteiger charge is -2.12. The molecule has 8 heavy (non-hydrogen) atoms. The number of hydrogen-bond acceptors (Lipinski definition) is 5. The van der Waals surface area contributed by atoms with Crippen molar-refractivity contribution in [1.29, 1.82) is 0 Å². The van der Waals surface area contributed by atoms with Gasteiger partial charge in [0, 0.05) is 0 Å². The molecule has 0 aromatic heterocycles. The van der Waals surface area contributed by atoms with Gasteiger partial charge in [0.2, 0.25) is 0 Å². The molecule has 2 unspecified atom stereocenters. The van der Waals surface area contributed by atoms with Crippen molar-refractivity contribution < 1.29 is 15.1 Å². The summed E-state index contributed by atoms with van der Waals surface area (Å²) in [6.45, 7) is -0.446. The molecule has 0 radical (unpaired) electrons. The predicted molar refractivity (Wildman–Crippen MR) is 26.3 cm³/mol. The Balaban J connectivity index is 3.29. The second-order valence-corrected chi connectivity index (χ2v) is 1.35. The molecule has 0 aliphatic carbocycles. The fraction of sp³-hybridized carbons (Fsp3) is 1.00. The molecule has 0 saturated carbocycles. The first-order valence-corrected chi connectivity index (χ1v) is 2.12. The summed E-state index contributed by atoms with van der Waals surface area (Å²) in [7, 11) is 0. The van der Waals surface area contributed by atoms with Crippen molar-refractivity contribution in [3.63, 3.8) is 0 Å². The Morgan fingerprint density at radius 2 is 2.12 bits per heavy atom. The van der Waals surface area contributed by atoms with Crippen LogP contribution in [0.2, 0.25) is 0 Å². The van der Waals surface area contributed by atoms with Crippen LogP contribution < -0.4 is 11.6 Å². The van der Waals surface area contributed by atoms with E-state index in [0.29, 0.717) is 0 Å². The van der Waals surface area contributed by atoms with Gasteiger partial charge in [-0.15, -0.1) is 0 Å². The average Bonchev–Trinajstić information content (AvgIpc) is 1.84. The Bertz CT molecular complexity index is 52.5. The van der Waals surface area contributed by atoms with E-state index in [4.69, 9.17) is 15.9 Å². The molecule has 0 rings (SSSR count). The first-order chi connectivity index (χ1) is 3.72. The molecule has 0 aromatic rings. The van der Waals surface area contributed by atoms with Crippen LogP contribution in [0.1, 0.15) is 0 Å². The number of aliphatic hydroxyl groups is 2. The zero-order chi connectivity index (χ0) is 6.57.